The molecule has 17 heavy (non-hydrogen) atoms. The summed E-state index contributed by atoms with van der Waals surface area (Å²) < 4.78 is 0. The van der Waals surface area contributed by atoms with Crippen LogP contribution in [0.25, 0.3) is 0 Å². The summed E-state index contributed by atoms with van der Waals surface area (Å²) in [6, 6.07) is 0. The standard InChI is InChI=1S/C13H21N3S/c1-4-9(2)17-8-13-15-10(3)11-5-6-14-7-12(11)16-13/h9,14H,4-8H2,1-3H3. The van der Waals surface area contributed by atoms with Crippen LogP contribution in [0.2, 0.25) is 0 Å². The van der Waals surface area contributed by atoms with Crippen molar-refractivity contribution in [3.05, 3.63) is 22.8 Å². The molecule has 0 saturated carbocycles. The molecule has 1 aromatic rings. The summed E-state index contributed by atoms with van der Waals surface area (Å²) >= 11 is 1.94. The van der Waals surface area contributed by atoms with Gasteiger partial charge in [0.15, 0.2) is 0 Å². The molecule has 0 amide bonds. The van der Waals surface area contributed by atoms with Crippen LogP contribution in [0.15, 0.2) is 0 Å². The van der Waals surface area contributed by atoms with E-state index in [4.69, 9.17) is 0 Å². The van der Waals surface area contributed by atoms with Gasteiger partial charge in [-0.05, 0) is 31.9 Å². The smallest absolute Gasteiger partial charge is 0.138 e. The molecule has 0 bridgehead atoms. The molecular weight excluding hydrogens is 230 g/mol. The Labute approximate surface area is 108 Å². The van der Waals surface area contributed by atoms with Gasteiger partial charge in [0.05, 0.1) is 11.4 Å². The lowest BCUT2D eigenvalue weighted by molar-refractivity contribution is 0.614. The van der Waals surface area contributed by atoms with E-state index >= 15 is 0 Å². The van der Waals surface area contributed by atoms with Crippen LogP contribution in [-0.4, -0.2) is 21.8 Å². The van der Waals surface area contributed by atoms with Crippen molar-refractivity contribution in [1.29, 1.82) is 0 Å². The molecule has 2 heterocycles. The van der Waals surface area contributed by atoms with Gasteiger partial charge in [-0.15, -0.1) is 0 Å². The van der Waals surface area contributed by atoms with Crippen molar-refractivity contribution in [1.82, 2.24) is 15.3 Å². The molecule has 0 fully saturated rings. The Bertz CT molecular complexity index is 392. The first-order valence-corrected chi connectivity index (χ1v) is 7.43. The first-order valence-electron chi connectivity index (χ1n) is 6.38. The molecule has 0 aromatic carbocycles. The van der Waals surface area contributed by atoms with Crippen molar-refractivity contribution in [3.8, 4) is 0 Å². The van der Waals surface area contributed by atoms with E-state index in [1.807, 2.05) is 11.8 Å². The van der Waals surface area contributed by atoms with E-state index in [-0.39, 0.29) is 0 Å². The maximum absolute atomic E-state index is 4.69. The van der Waals surface area contributed by atoms with Crippen LogP contribution >= 0.6 is 11.8 Å². The molecule has 1 aliphatic heterocycles. The molecular formula is C13H21N3S. The van der Waals surface area contributed by atoms with E-state index in [1.54, 1.807) is 0 Å². The quantitative estimate of drug-likeness (QED) is 0.892. The predicted molar refractivity (Wildman–Crippen MR) is 73.2 cm³/mol. The van der Waals surface area contributed by atoms with E-state index in [0.717, 1.165) is 31.1 Å². The predicted octanol–water partition coefficient (Wildman–Crippen LogP) is 2.46. The molecule has 1 N–H and O–H groups in total. The van der Waals surface area contributed by atoms with Gasteiger partial charge in [-0.2, -0.15) is 11.8 Å². The largest absolute Gasteiger partial charge is 0.311 e. The van der Waals surface area contributed by atoms with E-state index in [9.17, 15) is 0 Å². The minimum absolute atomic E-state index is 0.688. The van der Waals surface area contributed by atoms with Crippen LogP contribution in [0.5, 0.6) is 0 Å². The van der Waals surface area contributed by atoms with Gasteiger partial charge in [0.2, 0.25) is 0 Å². The molecule has 2 rings (SSSR count). The van der Waals surface area contributed by atoms with Gasteiger partial charge in [-0.1, -0.05) is 13.8 Å². The molecule has 1 aliphatic rings. The topological polar surface area (TPSA) is 37.8 Å². The summed E-state index contributed by atoms with van der Waals surface area (Å²) in [5, 5.41) is 4.06. The fourth-order valence-electron chi connectivity index (χ4n) is 2.01. The highest BCUT2D eigenvalue weighted by molar-refractivity contribution is 7.99. The highest BCUT2D eigenvalue weighted by atomic mass is 32.2. The lowest BCUT2D eigenvalue weighted by Gasteiger charge is -2.18. The number of aromatic nitrogens is 2. The van der Waals surface area contributed by atoms with Crippen molar-refractivity contribution >= 4 is 11.8 Å². The molecule has 0 spiro atoms. The minimum Gasteiger partial charge on any atom is -0.311 e. The van der Waals surface area contributed by atoms with Crippen molar-refractivity contribution in [2.24, 2.45) is 0 Å². The molecule has 1 unspecified atom stereocenters. The number of nitrogens with one attached hydrogen (secondary N) is 1. The zero-order valence-electron chi connectivity index (χ0n) is 10.9. The molecule has 3 nitrogen and oxygen atoms in total. The molecule has 1 aromatic heterocycles. The van der Waals surface area contributed by atoms with Crippen molar-refractivity contribution in [3.63, 3.8) is 0 Å². The average Bonchev–Trinajstić information content (AvgIpc) is 2.36. The number of aryl methyl sites for hydroxylation is 1. The van der Waals surface area contributed by atoms with Gasteiger partial charge in [-0.3, -0.25) is 0 Å². The Morgan fingerprint density at radius 3 is 3.00 bits per heavy atom. The zero-order chi connectivity index (χ0) is 12.3. The van der Waals surface area contributed by atoms with E-state index in [1.165, 1.54) is 23.4 Å². The molecule has 94 valence electrons. The van der Waals surface area contributed by atoms with E-state index < -0.39 is 0 Å². The second kappa shape index (κ2) is 5.83. The number of fused-ring (bicyclic) bond motifs is 1. The van der Waals surface area contributed by atoms with Crippen LogP contribution < -0.4 is 5.32 Å². The second-order valence-electron chi connectivity index (χ2n) is 4.61. The second-order valence-corrected chi connectivity index (χ2v) is 6.03. The number of thioether (sulfide) groups is 1. The fourth-order valence-corrected chi connectivity index (χ4v) is 2.81. The number of hydrogen-bond acceptors (Lipinski definition) is 4. The first-order chi connectivity index (χ1) is 8.20. The Morgan fingerprint density at radius 1 is 1.41 bits per heavy atom. The summed E-state index contributed by atoms with van der Waals surface area (Å²) in [4.78, 5) is 9.32. The summed E-state index contributed by atoms with van der Waals surface area (Å²) in [6.07, 6.45) is 2.27. The van der Waals surface area contributed by atoms with Crippen LogP contribution in [-0.2, 0) is 18.7 Å². The molecule has 1 atom stereocenters. The Balaban J connectivity index is 2.11. The highest BCUT2D eigenvalue weighted by Gasteiger charge is 2.15. The van der Waals surface area contributed by atoms with Crippen LogP contribution in [0, 0.1) is 6.92 Å². The number of hydrogen-bond donors (Lipinski definition) is 1. The van der Waals surface area contributed by atoms with Crippen molar-refractivity contribution in [2.75, 3.05) is 6.54 Å². The summed E-state index contributed by atoms with van der Waals surface area (Å²) in [5.41, 5.74) is 3.75. The minimum atomic E-state index is 0.688. The van der Waals surface area contributed by atoms with E-state index in [2.05, 4.69) is 36.1 Å². The molecule has 0 aliphatic carbocycles. The zero-order valence-corrected chi connectivity index (χ0v) is 11.7. The lowest BCUT2D eigenvalue weighted by Crippen LogP contribution is -2.26. The fraction of sp³-hybridized carbons (Fsp3) is 0.692. The van der Waals surface area contributed by atoms with E-state index in [0.29, 0.717) is 5.25 Å². The normalized spacial score (nSPS) is 16.6. The Morgan fingerprint density at radius 2 is 2.24 bits per heavy atom. The third-order valence-electron chi connectivity index (χ3n) is 3.26. The molecule has 0 saturated heterocycles. The third-order valence-corrected chi connectivity index (χ3v) is 4.59. The summed E-state index contributed by atoms with van der Waals surface area (Å²) in [6.45, 7) is 8.55. The van der Waals surface area contributed by atoms with Crippen LogP contribution in [0.4, 0.5) is 0 Å². The van der Waals surface area contributed by atoms with Gasteiger partial charge in [-0.25, -0.2) is 9.97 Å². The average molecular weight is 251 g/mol. The maximum Gasteiger partial charge on any atom is 0.138 e. The van der Waals surface area contributed by atoms with Crippen molar-refractivity contribution in [2.45, 2.75) is 51.2 Å². The third kappa shape index (κ3) is 3.19. The Hall–Kier alpha value is -0.610. The SMILES string of the molecule is CCC(C)SCc1nc(C)c2c(n1)CNCC2. The van der Waals surface area contributed by atoms with Gasteiger partial charge >= 0.3 is 0 Å². The molecule has 0 radical (unpaired) electrons. The molecule has 4 heteroatoms. The number of rotatable bonds is 4. The number of nitrogens with zero attached hydrogens (tertiary/aromatic N) is 2. The summed E-state index contributed by atoms with van der Waals surface area (Å²) in [7, 11) is 0. The highest BCUT2D eigenvalue weighted by Crippen LogP contribution is 2.20. The van der Waals surface area contributed by atoms with Crippen molar-refractivity contribution < 1.29 is 0 Å². The monoisotopic (exact) mass is 251 g/mol. The summed E-state index contributed by atoms with van der Waals surface area (Å²) in [5.74, 6) is 1.93. The van der Waals surface area contributed by atoms with Gasteiger partial charge < -0.3 is 5.32 Å². The van der Waals surface area contributed by atoms with Gasteiger partial charge in [0.1, 0.15) is 5.82 Å². The van der Waals surface area contributed by atoms with Crippen LogP contribution in [0.3, 0.4) is 0 Å². The Kier molecular flexibility index (Phi) is 4.40. The lowest BCUT2D eigenvalue weighted by atomic mass is 10.1. The van der Waals surface area contributed by atoms with Gasteiger partial charge in [0.25, 0.3) is 0 Å². The van der Waals surface area contributed by atoms with Gasteiger partial charge in [0, 0.05) is 17.5 Å². The first kappa shape index (κ1) is 12.8. The van der Waals surface area contributed by atoms with Crippen LogP contribution in [0.1, 0.15) is 43.0 Å². The maximum atomic E-state index is 4.69.